The second-order valence-electron chi connectivity index (χ2n) is 5.26. The lowest BCUT2D eigenvalue weighted by Gasteiger charge is -2.12. The summed E-state index contributed by atoms with van der Waals surface area (Å²) in [5.74, 6) is -1.34. The Morgan fingerprint density at radius 1 is 1.14 bits per heavy atom. The molecule has 0 N–H and O–H groups in total. The highest BCUT2D eigenvalue weighted by molar-refractivity contribution is 6.07. The molecule has 0 radical (unpaired) electrons. The van der Waals surface area contributed by atoms with Crippen molar-refractivity contribution >= 4 is 23.2 Å². The van der Waals surface area contributed by atoms with Gasteiger partial charge in [-0.25, -0.2) is 0 Å². The zero-order valence-corrected chi connectivity index (χ0v) is 12.1. The number of para-hydroxylation sites is 1. The number of carboxylic acids is 1. The lowest BCUT2D eigenvalue weighted by atomic mass is 10.1. The van der Waals surface area contributed by atoms with Crippen LogP contribution >= 0.6 is 0 Å². The van der Waals surface area contributed by atoms with Gasteiger partial charge in [0.05, 0.1) is 11.7 Å². The normalized spacial score (nSPS) is 10.8. The molecule has 3 aromatic rings. The number of fused-ring (bicyclic) bond motifs is 1. The summed E-state index contributed by atoms with van der Waals surface area (Å²) in [6, 6.07) is 15.0. The Hall–Kier alpha value is -2.88. The van der Waals surface area contributed by atoms with Crippen molar-refractivity contribution in [3.63, 3.8) is 0 Å². The van der Waals surface area contributed by atoms with E-state index in [1.165, 1.54) is 0 Å². The number of aromatic carboxylic acids is 1. The fourth-order valence-electron chi connectivity index (χ4n) is 2.71. The smallest absolute Gasteiger partial charge is 0.152 e. The summed E-state index contributed by atoms with van der Waals surface area (Å²) in [6.07, 6.45) is 0.582. The first-order valence-corrected chi connectivity index (χ1v) is 6.95. The van der Waals surface area contributed by atoms with Gasteiger partial charge in [0.1, 0.15) is 0 Å². The monoisotopic (exact) mass is 292 g/mol. The highest BCUT2D eigenvalue weighted by Crippen LogP contribution is 2.25. The maximum atomic E-state index is 11.5. The topological polar surface area (TPSA) is 62.1 Å². The summed E-state index contributed by atoms with van der Waals surface area (Å²) in [5.41, 5.74) is 2.91. The molecule has 0 unspecified atom stereocenters. The molecule has 2 aromatic carbocycles. The first kappa shape index (κ1) is 14.1. The quantitative estimate of drug-likeness (QED) is 0.692. The number of nitrogens with zero attached hydrogens (tertiary/aromatic N) is 1. The standard InChI is InChI=1S/C18H15NO3/c1-12-6-8-13(9-7-12)10-19-16-5-3-2-4-14(16)15(11-20)17(19)18(21)22/h2-9,11H,10H2,1H3,(H,21,22)/p-1. The van der Waals surface area contributed by atoms with Crippen LogP contribution in [0.5, 0.6) is 0 Å². The SMILES string of the molecule is Cc1ccc(Cn2c(C(=O)[O-])c(C=O)c3ccccc32)cc1. The number of carbonyl (C=O) groups excluding carboxylic acids is 2. The number of hydrogen-bond acceptors (Lipinski definition) is 3. The molecule has 0 bridgehead atoms. The maximum Gasteiger partial charge on any atom is 0.152 e. The fraction of sp³-hybridized carbons (Fsp3) is 0.111. The number of carbonyl (C=O) groups is 2. The predicted octanol–water partition coefficient (Wildman–Crippen LogP) is 2.17. The van der Waals surface area contributed by atoms with E-state index in [9.17, 15) is 14.7 Å². The van der Waals surface area contributed by atoms with Crippen molar-refractivity contribution < 1.29 is 14.7 Å². The van der Waals surface area contributed by atoms with Crippen LogP contribution in [-0.4, -0.2) is 16.8 Å². The molecular formula is C18H14NO3-. The number of hydrogen-bond donors (Lipinski definition) is 0. The Kier molecular flexibility index (Phi) is 3.51. The summed E-state index contributed by atoms with van der Waals surface area (Å²) in [7, 11) is 0. The molecule has 0 amide bonds. The maximum absolute atomic E-state index is 11.5. The van der Waals surface area contributed by atoms with Crippen molar-refractivity contribution in [1.29, 1.82) is 0 Å². The van der Waals surface area contributed by atoms with Gasteiger partial charge in [0.15, 0.2) is 6.29 Å². The first-order valence-electron chi connectivity index (χ1n) is 6.95. The number of carboxylic acid groups (broad SMARTS) is 1. The number of rotatable bonds is 4. The Morgan fingerprint density at radius 3 is 2.45 bits per heavy atom. The zero-order chi connectivity index (χ0) is 15.7. The molecule has 0 spiro atoms. The molecule has 0 aliphatic rings. The van der Waals surface area contributed by atoms with Crippen LogP contribution in [0.2, 0.25) is 0 Å². The zero-order valence-electron chi connectivity index (χ0n) is 12.1. The van der Waals surface area contributed by atoms with Crippen LogP contribution in [0.4, 0.5) is 0 Å². The summed E-state index contributed by atoms with van der Waals surface area (Å²) in [4.78, 5) is 22.9. The van der Waals surface area contributed by atoms with Crippen LogP contribution in [-0.2, 0) is 6.54 Å². The Bertz CT molecular complexity index is 860. The van der Waals surface area contributed by atoms with E-state index >= 15 is 0 Å². The third-order valence-electron chi connectivity index (χ3n) is 3.78. The average molecular weight is 292 g/mol. The van der Waals surface area contributed by atoms with Gasteiger partial charge in [0, 0.05) is 23.0 Å². The van der Waals surface area contributed by atoms with Crippen molar-refractivity contribution in [2.24, 2.45) is 0 Å². The third kappa shape index (κ3) is 2.29. The van der Waals surface area contributed by atoms with Crippen molar-refractivity contribution in [2.45, 2.75) is 13.5 Å². The lowest BCUT2D eigenvalue weighted by Crippen LogP contribution is -2.27. The summed E-state index contributed by atoms with van der Waals surface area (Å²) in [6.45, 7) is 2.36. The molecule has 22 heavy (non-hydrogen) atoms. The Morgan fingerprint density at radius 2 is 1.82 bits per heavy atom. The molecule has 1 heterocycles. The summed E-state index contributed by atoms with van der Waals surface area (Å²) in [5, 5.41) is 12.2. The molecule has 0 saturated carbocycles. The van der Waals surface area contributed by atoms with Gasteiger partial charge < -0.3 is 14.5 Å². The molecule has 0 aliphatic carbocycles. The van der Waals surface area contributed by atoms with Crippen molar-refractivity contribution in [3.8, 4) is 0 Å². The fourth-order valence-corrected chi connectivity index (χ4v) is 2.71. The van der Waals surface area contributed by atoms with Crippen LogP contribution in [0.1, 0.15) is 32.0 Å². The second kappa shape index (κ2) is 5.48. The molecule has 3 rings (SSSR count). The molecule has 0 aliphatic heterocycles. The molecule has 4 nitrogen and oxygen atoms in total. The van der Waals surface area contributed by atoms with Gasteiger partial charge in [-0.3, -0.25) is 4.79 Å². The average Bonchev–Trinajstić information content (AvgIpc) is 2.83. The van der Waals surface area contributed by atoms with Gasteiger partial charge in [0.2, 0.25) is 0 Å². The van der Waals surface area contributed by atoms with Crippen LogP contribution in [0.15, 0.2) is 48.5 Å². The molecule has 4 heteroatoms. The number of aromatic nitrogens is 1. The van der Waals surface area contributed by atoms with Gasteiger partial charge in [0.25, 0.3) is 0 Å². The lowest BCUT2D eigenvalue weighted by molar-refractivity contribution is -0.255. The van der Waals surface area contributed by atoms with Gasteiger partial charge in [-0.2, -0.15) is 0 Å². The minimum Gasteiger partial charge on any atom is -0.543 e. The molecule has 110 valence electrons. The summed E-state index contributed by atoms with van der Waals surface area (Å²) >= 11 is 0. The molecule has 0 atom stereocenters. The van der Waals surface area contributed by atoms with E-state index in [1.54, 1.807) is 16.7 Å². The number of benzene rings is 2. The van der Waals surface area contributed by atoms with E-state index < -0.39 is 5.97 Å². The Labute approximate surface area is 127 Å². The largest absolute Gasteiger partial charge is 0.543 e. The van der Waals surface area contributed by atoms with E-state index in [4.69, 9.17) is 0 Å². The number of aldehydes is 1. The molecule has 0 saturated heterocycles. The number of aryl methyl sites for hydroxylation is 1. The Balaban J connectivity index is 2.22. The second-order valence-corrected chi connectivity index (χ2v) is 5.26. The predicted molar refractivity (Wildman–Crippen MR) is 81.9 cm³/mol. The highest BCUT2D eigenvalue weighted by atomic mass is 16.4. The van der Waals surface area contributed by atoms with Crippen molar-refractivity contribution in [2.75, 3.05) is 0 Å². The van der Waals surface area contributed by atoms with Gasteiger partial charge in [-0.05, 0) is 18.6 Å². The first-order chi connectivity index (χ1) is 10.6. The van der Waals surface area contributed by atoms with Crippen molar-refractivity contribution in [1.82, 2.24) is 4.57 Å². The van der Waals surface area contributed by atoms with Crippen molar-refractivity contribution in [3.05, 3.63) is 70.9 Å². The van der Waals surface area contributed by atoms with E-state index in [1.807, 2.05) is 43.3 Å². The van der Waals surface area contributed by atoms with Crippen LogP contribution in [0.3, 0.4) is 0 Å². The van der Waals surface area contributed by atoms with Gasteiger partial charge in [-0.1, -0.05) is 48.0 Å². The third-order valence-corrected chi connectivity index (χ3v) is 3.78. The van der Waals surface area contributed by atoms with Gasteiger partial charge >= 0.3 is 0 Å². The minimum atomic E-state index is -1.34. The van der Waals surface area contributed by atoms with Crippen LogP contribution in [0, 0.1) is 6.92 Å². The van der Waals surface area contributed by atoms with E-state index in [0.717, 1.165) is 11.1 Å². The van der Waals surface area contributed by atoms with E-state index in [0.29, 0.717) is 23.7 Å². The van der Waals surface area contributed by atoms with Gasteiger partial charge in [-0.15, -0.1) is 0 Å². The molecular weight excluding hydrogens is 278 g/mol. The molecule has 0 fully saturated rings. The van der Waals surface area contributed by atoms with E-state index in [2.05, 4.69) is 0 Å². The molecule has 1 aromatic heterocycles. The van der Waals surface area contributed by atoms with Crippen LogP contribution < -0.4 is 5.11 Å². The van der Waals surface area contributed by atoms with E-state index in [-0.39, 0.29) is 11.3 Å². The minimum absolute atomic E-state index is 0.0724. The summed E-state index contributed by atoms with van der Waals surface area (Å²) < 4.78 is 1.62. The highest BCUT2D eigenvalue weighted by Gasteiger charge is 2.17. The van der Waals surface area contributed by atoms with Crippen LogP contribution in [0.25, 0.3) is 10.9 Å².